The van der Waals surface area contributed by atoms with Crippen molar-refractivity contribution in [2.75, 3.05) is 11.9 Å². The van der Waals surface area contributed by atoms with Crippen LogP contribution in [-0.4, -0.2) is 24.8 Å². The molecule has 17 heavy (non-hydrogen) atoms. The van der Waals surface area contributed by atoms with Crippen molar-refractivity contribution in [3.8, 4) is 5.75 Å². The number of hydrogen-bond donors (Lipinski definition) is 0. The fourth-order valence-electron chi connectivity index (χ4n) is 1.89. The zero-order chi connectivity index (χ0) is 12.6. The van der Waals surface area contributed by atoms with E-state index < -0.39 is 6.10 Å². The zero-order valence-corrected chi connectivity index (χ0v) is 10.2. The van der Waals surface area contributed by atoms with Crippen LogP contribution in [0.25, 0.3) is 0 Å². The SMILES string of the molecule is CCC1Oc2ccc(C(C)=O)cc2N(C)C1=O. The van der Waals surface area contributed by atoms with Gasteiger partial charge in [0.1, 0.15) is 5.75 Å². The van der Waals surface area contributed by atoms with Crippen molar-refractivity contribution >= 4 is 17.4 Å². The van der Waals surface area contributed by atoms with E-state index in [-0.39, 0.29) is 11.7 Å². The Morgan fingerprint density at radius 3 is 2.76 bits per heavy atom. The fourth-order valence-corrected chi connectivity index (χ4v) is 1.89. The Bertz CT molecular complexity index is 482. The first-order valence-corrected chi connectivity index (χ1v) is 5.63. The molecule has 4 heteroatoms. The maximum Gasteiger partial charge on any atom is 0.267 e. The van der Waals surface area contributed by atoms with Crippen molar-refractivity contribution in [3.05, 3.63) is 23.8 Å². The molecular formula is C13H15NO3. The Labute approximate surface area is 100 Å². The average Bonchev–Trinajstić information content (AvgIpc) is 2.33. The van der Waals surface area contributed by atoms with Gasteiger partial charge in [0.05, 0.1) is 5.69 Å². The van der Waals surface area contributed by atoms with Crippen molar-refractivity contribution in [2.45, 2.75) is 26.4 Å². The molecule has 0 N–H and O–H groups in total. The van der Waals surface area contributed by atoms with Crippen molar-refractivity contribution in [1.82, 2.24) is 0 Å². The maximum absolute atomic E-state index is 11.9. The predicted molar refractivity (Wildman–Crippen MR) is 64.6 cm³/mol. The van der Waals surface area contributed by atoms with E-state index in [2.05, 4.69) is 0 Å². The van der Waals surface area contributed by atoms with Crippen LogP contribution < -0.4 is 9.64 Å². The third-order valence-corrected chi connectivity index (χ3v) is 2.97. The lowest BCUT2D eigenvalue weighted by atomic mass is 10.1. The van der Waals surface area contributed by atoms with Gasteiger partial charge in [-0.25, -0.2) is 0 Å². The van der Waals surface area contributed by atoms with Gasteiger partial charge < -0.3 is 9.64 Å². The molecule has 1 unspecified atom stereocenters. The van der Waals surface area contributed by atoms with Gasteiger partial charge >= 0.3 is 0 Å². The number of amides is 1. The maximum atomic E-state index is 11.9. The molecule has 1 heterocycles. The molecule has 4 nitrogen and oxygen atoms in total. The largest absolute Gasteiger partial charge is 0.478 e. The lowest BCUT2D eigenvalue weighted by molar-refractivity contribution is -0.126. The number of anilines is 1. The molecule has 0 saturated heterocycles. The fraction of sp³-hybridized carbons (Fsp3) is 0.385. The number of hydrogen-bond acceptors (Lipinski definition) is 3. The summed E-state index contributed by atoms with van der Waals surface area (Å²) in [6, 6.07) is 5.16. The number of benzene rings is 1. The molecule has 1 aromatic rings. The first-order chi connectivity index (χ1) is 8.04. The van der Waals surface area contributed by atoms with Crippen LogP contribution in [0.5, 0.6) is 5.75 Å². The van der Waals surface area contributed by atoms with E-state index in [1.54, 1.807) is 30.1 Å². The second kappa shape index (κ2) is 4.20. The molecule has 0 bridgehead atoms. The Hall–Kier alpha value is -1.84. The molecule has 0 spiro atoms. The Kier molecular flexibility index (Phi) is 2.88. The molecule has 0 radical (unpaired) electrons. The van der Waals surface area contributed by atoms with E-state index in [4.69, 9.17) is 4.74 Å². The minimum atomic E-state index is -0.421. The van der Waals surface area contributed by atoms with E-state index in [0.717, 1.165) is 0 Å². The van der Waals surface area contributed by atoms with E-state index in [1.165, 1.54) is 6.92 Å². The van der Waals surface area contributed by atoms with Gasteiger partial charge in [-0.15, -0.1) is 0 Å². The highest BCUT2D eigenvalue weighted by atomic mass is 16.5. The Balaban J connectivity index is 2.46. The number of likely N-dealkylation sites (N-methyl/N-ethyl adjacent to an activating group) is 1. The molecule has 1 aliphatic heterocycles. The number of ether oxygens (including phenoxy) is 1. The van der Waals surface area contributed by atoms with Crippen LogP contribution in [0.2, 0.25) is 0 Å². The lowest BCUT2D eigenvalue weighted by Gasteiger charge is -2.31. The first-order valence-electron chi connectivity index (χ1n) is 5.63. The highest BCUT2D eigenvalue weighted by Gasteiger charge is 2.31. The molecule has 1 amide bonds. The molecule has 1 aromatic carbocycles. The Morgan fingerprint density at radius 1 is 1.47 bits per heavy atom. The van der Waals surface area contributed by atoms with Crippen molar-refractivity contribution in [1.29, 1.82) is 0 Å². The van der Waals surface area contributed by atoms with Crippen molar-refractivity contribution < 1.29 is 14.3 Å². The van der Waals surface area contributed by atoms with Gasteiger partial charge in [-0.05, 0) is 31.5 Å². The number of ketones is 1. The number of carbonyl (C=O) groups excluding carboxylic acids is 2. The van der Waals surface area contributed by atoms with Crippen LogP contribution in [0.3, 0.4) is 0 Å². The van der Waals surface area contributed by atoms with Gasteiger partial charge in [0, 0.05) is 12.6 Å². The van der Waals surface area contributed by atoms with Gasteiger partial charge in [0.25, 0.3) is 5.91 Å². The summed E-state index contributed by atoms with van der Waals surface area (Å²) >= 11 is 0. The highest BCUT2D eigenvalue weighted by molar-refractivity contribution is 6.02. The normalized spacial score (nSPS) is 18.6. The second-order valence-corrected chi connectivity index (χ2v) is 4.15. The zero-order valence-electron chi connectivity index (χ0n) is 10.2. The van der Waals surface area contributed by atoms with Crippen LogP contribution in [0.1, 0.15) is 30.6 Å². The Morgan fingerprint density at radius 2 is 2.18 bits per heavy atom. The summed E-state index contributed by atoms with van der Waals surface area (Å²) in [4.78, 5) is 24.8. The molecule has 0 fully saturated rings. The van der Waals surface area contributed by atoms with Gasteiger partial charge in [0.15, 0.2) is 11.9 Å². The number of Topliss-reactive ketones (excluding diaryl/α,β-unsaturated/α-hetero) is 1. The number of fused-ring (bicyclic) bond motifs is 1. The van der Waals surface area contributed by atoms with Crippen LogP contribution in [0, 0.1) is 0 Å². The van der Waals surface area contributed by atoms with E-state index in [0.29, 0.717) is 23.4 Å². The number of carbonyl (C=O) groups is 2. The van der Waals surface area contributed by atoms with Gasteiger partial charge in [0.2, 0.25) is 0 Å². The van der Waals surface area contributed by atoms with Crippen LogP contribution >= 0.6 is 0 Å². The van der Waals surface area contributed by atoms with Crippen molar-refractivity contribution in [3.63, 3.8) is 0 Å². The van der Waals surface area contributed by atoms with Crippen LogP contribution in [0.15, 0.2) is 18.2 Å². The van der Waals surface area contributed by atoms with E-state index >= 15 is 0 Å². The third kappa shape index (κ3) is 1.90. The minimum absolute atomic E-state index is 0.0220. The standard InChI is InChI=1S/C13H15NO3/c1-4-11-13(16)14(3)10-7-9(8(2)15)5-6-12(10)17-11/h5-7,11H,4H2,1-3H3. The first kappa shape index (κ1) is 11.6. The second-order valence-electron chi connectivity index (χ2n) is 4.15. The molecular weight excluding hydrogens is 218 g/mol. The third-order valence-electron chi connectivity index (χ3n) is 2.97. The predicted octanol–water partition coefficient (Wildman–Crippen LogP) is 2.02. The van der Waals surface area contributed by atoms with E-state index in [9.17, 15) is 9.59 Å². The minimum Gasteiger partial charge on any atom is -0.478 e. The lowest BCUT2D eigenvalue weighted by Crippen LogP contribution is -2.43. The number of rotatable bonds is 2. The molecule has 1 atom stereocenters. The summed E-state index contributed by atoms with van der Waals surface area (Å²) in [5.41, 5.74) is 1.24. The monoisotopic (exact) mass is 233 g/mol. The van der Waals surface area contributed by atoms with Crippen LogP contribution in [-0.2, 0) is 4.79 Å². The average molecular weight is 233 g/mol. The quantitative estimate of drug-likeness (QED) is 0.734. The summed E-state index contributed by atoms with van der Waals surface area (Å²) in [5.74, 6) is 0.566. The van der Waals surface area contributed by atoms with Gasteiger partial charge in [-0.3, -0.25) is 9.59 Å². The van der Waals surface area contributed by atoms with Crippen molar-refractivity contribution in [2.24, 2.45) is 0 Å². The summed E-state index contributed by atoms with van der Waals surface area (Å²) in [7, 11) is 1.70. The molecule has 1 aliphatic rings. The summed E-state index contributed by atoms with van der Waals surface area (Å²) in [6.07, 6.45) is 0.215. The molecule has 0 saturated carbocycles. The summed E-state index contributed by atoms with van der Waals surface area (Å²) < 4.78 is 5.60. The highest BCUT2D eigenvalue weighted by Crippen LogP contribution is 2.34. The molecule has 2 rings (SSSR count). The topological polar surface area (TPSA) is 46.6 Å². The van der Waals surface area contributed by atoms with Gasteiger partial charge in [-0.1, -0.05) is 6.92 Å². The number of nitrogens with zero attached hydrogens (tertiary/aromatic N) is 1. The molecule has 90 valence electrons. The molecule has 0 aliphatic carbocycles. The summed E-state index contributed by atoms with van der Waals surface area (Å²) in [5, 5.41) is 0. The van der Waals surface area contributed by atoms with Crippen LogP contribution in [0.4, 0.5) is 5.69 Å². The molecule has 0 aromatic heterocycles. The van der Waals surface area contributed by atoms with E-state index in [1.807, 2.05) is 6.92 Å². The van der Waals surface area contributed by atoms with Gasteiger partial charge in [-0.2, -0.15) is 0 Å². The summed E-state index contributed by atoms with van der Waals surface area (Å²) in [6.45, 7) is 3.41. The smallest absolute Gasteiger partial charge is 0.267 e.